The molecule has 0 N–H and O–H groups in total. The molecule has 25 heavy (non-hydrogen) atoms. The molecular formula is C21H27ClN2O. The second kappa shape index (κ2) is 9.59. The summed E-state index contributed by atoms with van der Waals surface area (Å²) in [5.74, 6) is 0.185. The second-order valence-corrected chi connectivity index (χ2v) is 6.64. The highest BCUT2D eigenvalue weighted by Crippen LogP contribution is 2.19. The Morgan fingerprint density at radius 1 is 0.960 bits per heavy atom. The van der Waals surface area contributed by atoms with Crippen molar-refractivity contribution in [3.8, 4) is 0 Å². The van der Waals surface area contributed by atoms with Gasteiger partial charge >= 0.3 is 0 Å². The van der Waals surface area contributed by atoms with Gasteiger partial charge in [-0.05, 0) is 50.6 Å². The zero-order valence-electron chi connectivity index (χ0n) is 14.9. The Bertz CT molecular complexity index is 651. The number of carbonyl (C=O) groups is 1. The molecule has 1 aliphatic rings. The van der Waals surface area contributed by atoms with Crippen molar-refractivity contribution < 1.29 is 4.79 Å². The van der Waals surface area contributed by atoms with Gasteiger partial charge in [0.25, 0.3) is 0 Å². The van der Waals surface area contributed by atoms with Crippen molar-refractivity contribution >= 4 is 24.0 Å². The van der Waals surface area contributed by atoms with E-state index in [-0.39, 0.29) is 18.3 Å². The van der Waals surface area contributed by atoms with Crippen molar-refractivity contribution in [2.45, 2.75) is 32.7 Å². The molecule has 0 unspecified atom stereocenters. The predicted molar refractivity (Wildman–Crippen MR) is 106 cm³/mol. The first-order valence-corrected chi connectivity index (χ1v) is 8.86. The lowest BCUT2D eigenvalue weighted by molar-refractivity contribution is -0.120. The Kier molecular flexibility index (Phi) is 7.48. The van der Waals surface area contributed by atoms with Crippen LogP contribution in [0, 0.1) is 6.92 Å². The number of hydrogen-bond acceptors (Lipinski definition) is 2. The lowest BCUT2D eigenvalue weighted by Gasteiger charge is -2.30. The van der Waals surface area contributed by atoms with E-state index >= 15 is 0 Å². The highest BCUT2D eigenvalue weighted by Gasteiger charge is 2.20. The summed E-state index contributed by atoms with van der Waals surface area (Å²) in [6, 6.07) is 18.5. The number of halogens is 1. The van der Waals surface area contributed by atoms with Crippen LogP contribution in [0.4, 0.5) is 5.69 Å². The molecule has 134 valence electrons. The molecule has 3 rings (SSSR count). The summed E-state index contributed by atoms with van der Waals surface area (Å²) < 4.78 is 0. The van der Waals surface area contributed by atoms with Crippen molar-refractivity contribution in [1.82, 2.24) is 4.90 Å². The number of nitrogens with zero attached hydrogens (tertiary/aromatic N) is 2. The van der Waals surface area contributed by atoms with Gasteiger partial charge in [-0.3, -0.25) is 9.69 Å². The molecule has 0 saturated carbocycles. The molecular weight excluding hydrogens is 332 g/mol. The third-order valence-corrected chi connectivity index (χ3v) is 4.64. The van der Waals surface area contributed by atoms with Gasteiger partial charge in [-0.15, -0.1) is 12.4 Å². The van der Waals surface area contributed by atoms with Gasteiger partial charge in [0.2, 0.25) is 5.91 Å². The quantitative estimate of drug-likeness (QED) is 0.789. The Hall–Kier alpha value is -1.84. The van der Waals surface area contributed by atoms with Gasteiger partial charge < -0.3 is 4.90 Å². The summed E-state index contributed by atoms with van der Waals surface area (Å²) in [6.07, 6.45) is 3.70. The second-order valence-electron chi connectivity index (χ2n) is 6.64. The van der Waals surface area contributed by atoms with Gasteiger partial charge in [0.05, 0.1) is 13.1 Å². The highest BCUT2D eigenvalue weighted by molar-refractivity contribution is 5.94. The number of piperidine rings is 1. The average molecular weight is 359 g/mol. The van der Waals surface area contributed by atoms with E-state index in [9.17, 15) is 4.79 Å². The van der Waals surface area contributed by atoms with Crippen LogP contribution in [0.25, 0.3) is 0 Å². The Morgan fingerprint density at radius 3 is 2.24 bits per heavy atom. The van der Waals surface area contributed by atoms with E-state index in [0.717, 1.165) is 24.3 Å². The van der Waals surface area contributed by atoms with Crippen LogP contribution in [0.3, 0.4) is 0 Å². The molecule has 0 atom stereocenters. The molecule has 1 fully saturated rings. The van der Waals surface area contributed by atoms with Gasteiger partial charge in [-0.1, -0.05) is 54.4 Å². The molecule has 0 aromatic heterocycles. The molecule has 3 nitrogen and oxygen atoms in total. The highest BCUT2D eigenvalue weighted by atomic mass is 35.5. The van der Waals surface area contributed by atoms with Crippen molar-refractivity contribution in [2.75, 3.05) is 24.5 Å². The van der Waals surface area contributed by atoms with E-state index in [2.05, 4.69) is 36.1 Å². The molecule has 0 bridgehead atoms. The van der Waals surface area contributed by atoms with Gasteiger partial charge in [0.15, 0.2) is 0 Å². The van der Waals surface area contributed by atoms with Gasteiger partial charge in [0.1, 0.15) is 0 Å². The summed E-state index contributed by atoms with van der Waals surface area (Å²) in [7, 11) is 0. The number of aryl methyl sites for hydroxylation is 1. The van der Waals surface area contributed by atoms with Crippen molar-refractivity contribution in [2.24, 2.45) is 0 Å². The Labute approximate surface area is 157 Å². The lowest BCUT2D eigenvalue weighted by Crippen LogP contribution is -2.42. The number of rotatable bonds is 5. The van der Waals surface area contributed by atoms with E-state index in [1.807, 2.05) is 35.2 Å². The Balaban J connectivity index is 0.00000225. The summed E-state index contributed by atoms with van der Waals surface area (Å²) in [5, 5.41) is 0. The van der Waals surface area contributed by atoms with Crippen molar-refractivity contribution in [1.29, 1.82) is 0 Å². The number of carbonyl (C=O) groups excluding carboxylic acids is 1. The summed E-state index contributed by atoms with van der Waals surface area (Å²) in [5.41, 5.74) is 3.35. The standard InChI is InChI=1S/C21H26N2O.ClH/c1-18-10-12-20(13-11-18)23(16-19-8-4-2-5-9-19)21(24)17-22-14-6-3-7-15-22;/h2,4-5,8-13H,3,6-7,14-17H2,1H3;1H. The fourth-order valence-electron chi connectivity index (χ4n) is 3.21. The zero-order chi connectivity index (χ0) is 16.8. The molecule has 1 heterocycles. The molecule has 1 aliphatic heterocycles. The maximum absolute atomic E-state index is 13.0. The number of amides is 1. The fraction of sp³-hybridized carbons (Fsp3) is 0.381. The van der Waals surface area contributed by atoms with Crippen LogP contribution >= 0.6 is 12.4 Å². The van der Waals surface area contributed by atoms with Crippen LogP contribution in [-0.2, 0) is 11.3 Å². The third kappa shape index (κ3) is 5.58. The molecule has 4 heteroatoms. The first-order chi connectivity index (χ1) is 11.7. The normalized spacial score (nSPS) is 14.6. The van der Waals surface area contributed by atoms with Crippen molar-refractivity contribution in [3.05, 3.63) is 65.7 Å². The topological polar surface area (TPSA) is 23.6 Å². The Morgan fingerprint density at radius 2 is 1.60 bits per heavy atom. The molecule has 0 aliphatic carbocycles. The smallest absolute Gasteiger partial charge is 0.241 e. The average Bonchev–Trinajstić information content (AvgIpc) is 2.62. The maximum Gasteiger partial charge on any atom is 0.241 e. The van der Waals surface area contributed by atoms with Crippen LogP contribution in [0.2, 0.25) is 0 Å². The van der Waals surface area contributed by atoms with Gasteiger partial charge in [-0.25, -0.2) is 0 Å². The fourth-order valence-corrected chi connectivity index (χ4v) is 3.21. The van der Waals surface area contributed by atoms with E-state index < -0.39 is 0 Å². The SMILES string of the molecule is Cc1ccc(N(Cc2ccccc2)C(=O)CN2CCCCC2)cc1.Cl. The molecule has 0 spiro atoms. The minimum Gasteiger partial charge on any atom is -0.307 e. The lowest BCUT2D eigenvalue weighted by atomic mass is 10.1. The largest absolute Gasteiger partial charge is 0.307 e. The molecule has 2 aromatic rings. The van der Waals surface area contributed by atoms with Crippen LogP contribution in [0.15, 0.2) is 54.6 Å². The van der Waals surface area contributed by atoms with Crippen molar-refractivity contribution in [3.63, 3.8) is 0 Å². The van der Waals surface area contributed by atoms with E-state index in [4.69, 9.17) is 0 Å². The summed E-state index contributed by atoms with van der Waals surface area (Å²) >= 11 is 0. The molecule has 1 amide bonds. The number of likely N-dealkylation sites (tertiary alicyclic amines) is 1. The van der Waals surface area contributed by atoms with Crippen LogP contribution < -0.4 is 4.90 Å². The number of hydrogen-bond donors (Lipinski definition) is 0. The van der Waals surface area contributed by atoms with E-state index in [1.165, 1.54) is 24.8 Å². The van der Waals surface area contributed by atoms with Gasteiger partial charge in [-0.2, -0.15) is 0 Å². The van der Waals surface area contributed by atoms with E-state index in [0.29, 0.717) is 13.1 Å². The number of benzene rings is 2. The molecule has 0 radical (unpaired) electrons. The summed E-state index contributed by atoms with van der Waals surface area (Å²) in [6.45, 7) is 5.29. The minimum atomic E-state index is 0. The first-order valence-electron chi connectivity index (χ1n) is 8.86. The summed E-state index contributed by atoms with van der Waals surface area (Å²) in [4.78, 5) is 17.2. The monoisotopic (exact) mass is 358 g/mol. The van der Waals surface area contributed by atoms with Crippen LogP contribution in [0.1, 0.15) is 30.4 Å². The minimum absolute atomic E-state index is 0. The van der Waals surface area contributed by atoms with Crippen LogP contribution in [0.5, 0.6) is 0 Å². The molecule has 1 saturated heterocycles. The predicted octanol–water partition coefficient (Wildman–Crippen LogP) is 4.44. The number of anilines is 1. The first kappa shape index (κ1) is 19.5. The maximum atomic E-state index is 13.0. The van der Waals surface area contributed by atoms with E-state index in [1.54, 1.807) is 0 Å². The molecule has 2 aromatic carbocycles. The van der Waals surface area contributed by atoms with Gasteiger partial charge in [0, 0.05) is 5.69 Å². The zero-order valence-corrected chi connectivity index (χ0v) is 15.7. The van der Waals surface area contributed by atoms with Crippen LogP contribution in [-0.4, -0.2) is 30.4 Å². The third-order valence-electron chi connectivity index (χ3n) is 4.64.